The molecule has 0 bridgehead atoms. The first-order chi connectivity index (χ1) is 14.8. The molecule has 18 heteroatoms. The molecule has 0 atom stereocenters. The number of aromatic nitrogens is 9. The van der Waals surface area contributed by atoms with E-state index in [1.165, 1.54) is 0 Å². The fourth-order valence-electron chi connectivity index (χ4n) is 2.43. The Morgan fingerprint density at radius 2 is 0.806 bits per heavy atom. The molecule has 3 aromatic rings. The Bertz CT molecular complexity index is 921. The van der Waals surface area contributed by atoms with Gasteiger partial charge in [-0.2, -0.15) is 44.9 Å². The smallest absolute Gasteiger partial charge is 0.232 e. The number of nitrogens with one attached hydrogen (secondary N) is 2. The summed E-state index contributed by atoms with van der Waals surface area (Å²) in [5.74, 6) is 0.736. The monoisotopic (exact) mass is 430 g/mol. The number of hydrogen-bond donors (Lipinski definition) is 8. The highest BCUT2D eigenvalue weighted by Crippen LogP contribution is 2.11. The van der Waals surface area contributed by atoms with Crippen molar-refractivity contribution in [1.82, 2.24) is 44.9 Å². The third-order valence-corrected chi connectivity index (χ3v) is 3.61. The predicted octanol–water partition coefficient (Wildman–Crippen LogP) is -3.23. The summed E-state index contributed by atoms with van der Waals surface area (Å²) in [6, 6.07) is 0. The largest absolute Gasteiger partial charge is 0.368 e. The molecule has 0 aliphatic rings. The van der Waals surface area contributed by atoms with Crippen molar-refractivity contribution in [2.24, 2.45) is 0 Å². The topological polar surface area (TPSA) is 299 Å². The minimum atomic E-state index is -0.00977. The Hall–Kier alpha value is -4.77. The quantitative estimate of drug-likeness (QED) is 0.165. The van der Waals surface area contributed by atoms with Gasteiger partial charge in [0.25, 0.3) is 0 Å². The second-order valence-electron chi connectivity index (χ2n) is 5.94. The van der Waals surface area contributed by atoms with E-state index in [9.17, 15) is 0 Å². The van der Waals surface area contributed by atoms with E-state index >= 15 is 0 Å². The third kappa shape index (κ3) is 6.10. The molecule has 0 amide bonds. The second-order valence-corrected chi connectivity index (χ2v) is 5.94. The van der Waals surface area contributed by atoms with E-state index in [4.69, 9.17) is 34.4 Å². The summed E-state index contributed by atoms with van der Waals surface area (Å²) < 4.78 is 0. The van der Waals surface area contributed by atoms with Gasteiger partial charge < -0.3 is 49.9 Å². The van der Waals surface area contributed by atoms with Crippen molar-refractivity contribution in [1.29, 1.82) is 0 Å². The van der Waals surface area contributed by atoms with Crippen LogP contribution in [0.2, 0.25) is 0 Å². The van der Waals surface area contributed by atoms with Gasteiger partial charge in [0, 0.05) is 26.2 Å². The zero-order valence-corrected chi connectivity index (χ0v) is 16.3. The molecular formula is C13H22N18. The Labute approximate surface area is 175 Å². The van der Waals surface area contributed by atoms with Crippen LogP contribution in [0.1, 0.15) is 0 Å². The molecule has 3 heterocycles. The number of nitrogen functional groups attached to an aromatic ring is 6. The normalized spacial score (nSPS) is 10.6. The highest BCUT2D eigenvalue weighted by molar-refractivity contribution is 5.42. The Morgan fingerprint density at radius 1 is 0.484 bits per heavy atom. The zero-order valence-electron chi connectivity index (χ0n) is 16.3. The van der Waals surface area contributed by atoms with Crippen molar-refractivity contribution in [3.63, 3.8) is 0 Å². The molecule has 164 valence electrons. The lowest BCUT2D eigenvalue weighted by Gasteiger charge is -2.23. The van der Waals surface area contributed by atoms with Crippen LogP contribution in [0.5, 0.6) is 0 Å². The minimum Gasteiger partial charge on any atom is -0.368 e. The summed E-state index contributed by atoms with van der Waals surface area (Å²) in [4.78, 5) is 37.1. The number of anilines is 9. The van der Waals surface area contributed by atoms with Crippen molar-refractivity contribution in [3.8, 4) is 0 Å². The molecule has 3 aromatic heterocycles. The summed E-state index contributed by atoms with van der Waals surface area (Å²) in [6.07, 6.45) is 0. The molecule has 31 heavy (non-hydrogen) atoms. The van der Waals surface area contributed by atoms with Gasteiger partial charge in [-0.15, -0.1) is 0 Å². The van der Waals surface area contributed by atoms with Crippen LogP contribution in [0.3, 0.4) is 0 Å². The number of nitrogens with two attached hydrogens (primary N) is 6. The van der Waals surface area contributed by atoms with E-state index in [1.807, 2.05) is 0 Å². The molecule has 0 aromatic carbocycles. The van der Waals surface area contributed by atoms with Gasteiger partial charge in [0.1, 0.15) is 0 Å². The average molecular weight is 430 g/mol. The SMILES string of the molecule is Nc1nc(N)nc(NCCN(CCNc2nc(N)nc(N)n2)c2nc(N)nc(N)n2)n1. The van der Waals surface area contributed by atoms with Crippen molar-refractivity contribution in [3.05, 3.63) is 0 Å². The summed E-state index contributed by atoms with van der Waals surface area (Å²) in [7, 11) is 0. The Morgan fingerprint density at radius 3 is 1.16 bits per heavy atom. The second kappa shape index (κ2) is 9.15. The predicted molar refractivity (Wildman–Crippen MR) is 115 cm³/mol. The van der Waals surface area contributed by atoms with Crippen LogP contribution < -0.4 is 49.9 Å². The van der Waals surface area contributed by atoms with E-state index in [0.717, 1.165) is 0 Å². The molecule has 0 saturated heterocycles. The van der Waals surface area contributed by atoms with Gasteiger partial charge in [-0.1, -0.05) is 0 Å². The van der Waals surface area contributed by atoms with Crippen LogP contribution in [0.15, 0.2) is 0 Å². The zero-order chi connectivity index (χ0) is 22.4. The van der Waals surface area contributed by atoms with Crippen molar-refractivity contribution >= 4 is 53.5 Å². The van der Waals surface area contributed by atoms with Crippen molar-refractivity contribution in [2.45, 2.75) is 0 Å². The maximum absolute atomic E-state index is 5.69. The first-order valence-electron chi connectivity index (χ1n) is 8.82. The molecular weight excluding hydrogens is 408 g/mol. The lowest BCUT2D eigenvalue weighted by molar-refractivity contribution is 0.769. The number of hydrogen-bond acceptors (Lipinski definition) is 18. The van der Waals surface area contributed by atoms with Gasteiger partial charge in [0.2, 0.25) is 53.5 Å². The highest BCUT2D eigenvalue weighted by Gasteiger charge is 2.13. The molecule has 0 spiro atoms. The summed E-state index contributed by atoms with van der Waals surface area (Å²) in [6.45, 7) is 1.55. The molecule has 0 fully saturated rings. The third-order valence-electron chi connectivity index (χ3n) is 3.61. The summed E-state index contributed by atoms with van der Waals surface area (Å²) in [5, 5.41) is 5.99. The van der Waals surface area contributed by atoms with Crippen LogP contribution in [-0.4, -0.2) is 71.0 Å². The maximum Gasteiger partial charge on any atom is 0.232 e. The van der Waals surface area contributed by atoms with Gasteiger partial charge in [-0.3, -0.25) is 0 Å². The first-order valence-corrected chi connectivity index (χ1v) is 8.82. The van der Waals surface area contributed by atoms with Gasteiger partial charge in [-0.05, 0) is 0 Å². The fourth-order valence-corrected chi connectivity index (χ4v) is 2.43. The van der Waals surface area contributed by atoms with Gasteiger partial charge in [0.05, 0.1) is 0 Å². The van der Waals surface area contributed by atoms with Crippen LogP contribution >= 0.6 is 0 Å². The molecule has 0 unspecified atom stereocenters. The molecule has 14 N–H and O–H groups in total. The maximum atomic E-state index is 5.69. The van der Waals surface area contributed by atoms with Crippen LogP contribution in [0.25, 0.3) is 0 Å². The number of nitrogens with zero attached hydrogens (tertiary/aromatic N) is 10. The summed E-state index contributed by atoms with van der Waals surface area (Å²) >= 11 is 0. The lowest BCUT2D eigenvalue weighted by atomic mass is 10.4. The van der Waals surface area contributed by atoms with Crippen molar-refractivity contribution < 1.29 is 0 Å². The lowest BCUT2D eigenvalue weighted by Crippen LogP contribution is -2.35. The molecule has 0 aliphatic carbocycles. The van der Waals surface area contributed by atoms with E-state index in [0.29, 0.717) is 26.2 Å². The van der Waals surface area contributed by atoms with Crippen LogP contribution in [0, 0.1) is 0 Å². The Balaban J connectivity index is 1.66. The molecule has 18 nitrogen and oxygen atoms in total. The van der Waals surface area contributed by atoms with Gasteiger partial charge >= 0.3 is 0 Å². The first kappa shape index (κ1) is 21.0. The minimum absolute atomic E-state index is 0.00460. The van der Waals surface area contributed by atoms with E-state index in [1.54, 1.807) is 4.90 Å². The van der Waals surface area contributed by atoms with Crippen LogP contribution in [-0.2, 0) is 0 Å². The van der Waals surface area contributed by atoms with E-state index < -0.39 is 0 Å². The average Bonchev–Trinajstić information content (AvgIpc) is 2.64. The van der Waals surface area contributed by atoms with Crippen LogP contribution in [0.4, 0.5) is 53.5 Å². The van der Waals surface area contributed by atoms with Crippen molar-refractivity contribution in [2.75, 3.05) is 76.1 Å². The van der Waals surface area contributed by atoms with E-state index in [-0.39, 0.29) is 53.5 Å². The molecule has 3 rings (SSSR count). The number of rotatable bonds is 9. The molecule has 0 saturated carbocycles. The Kier molecular flexibility index (Phi) is 6.19. The van der Waals surface area contributed by atoms with E-state index in [2.05, 4.69) is 55.5 Å². The standard InChI is InChI=1S/C13H22N18/c14-5-22-6(15)26-11(25-5)20-1-3-31(13-29-9(18)24-10(19)30-13)4-2-21-12-27-7(16)23-8(17)28-12/h1-4H2,(H4,18,19,24,29,30)(H5,14,15,20,22,25,26)(H5,16,17,21,23,27,28). The molecule has 0 aliphatic heterocycles. The van der Waals surface area contributed by atoms with Gasteiger partial charge in [-0.25, -0.2) is 0 Å². The summed E-state index contributed by atoms with van der Waals surface area (Å²) in [5.41, 5.74) is 33.7. The molecule has 0 radical (unpaired) electrons. The fraction of sp³-hybridized carbons (Fsp3) is 0.308. The highest BCUT2D eigenvalue weighted by atomic mass is 15.3. The van der Waals surface area contributed by atoms with Gasteiger partial charge in [0.15, 0.2) is 0 Å².